The highest BCUT2D eigenvalue weighted by molar-refractivity contribution is 5.80. The molecule has 0 spiro atoms. The fourth-order valence-electron chi connectivity index (χ4n) is 8.33. The van der Waals surface area contributed by atoms with Crippen LogP contribution in [-0.4, -0.2) is 61.6 Å². The van der Waals surface area contributed by atoms with Crippen LogP contribution in [0.1, 0.15) is 101 Å². The molecule has 2 N–H and O–H groups in total. The Morgan fingerprint density at radius 2 is 1.36 bits per heavy atom. The van der Waals surface area contributed by atoms with Gasteiger partial charge in [0.05, 0.1) is 29.8 Å². The van der Waals surface area contributed by atoms with Crippen LogP contribution < -0.4 is 0 Å². The summed E-state index contributed by atoms with van der Waals surface area (Å²) in [5.74, 6) is 2.92. The number of rotatable bonds is 5. The zero-order chi connectivity index (χ0) is 32.6. The highest BCUT2D eigenvalue weighted by atomic mass is 16.6. The van der Waals surface area contributed by atoms with Gasteiger partial charge >= 0.3 is 6.09 Å². The maximum Gasteiger partial charge on any atom is 0.411 e. The van der Waals surface area contributed by atoms with Crippen molar-refractivity contribution in [2.75, 3.05) is 20.1 Å². The number of nitrogens with zero attached hydrogens (tertiary/aromatic N) is 4. The Hall–Kier alpha value is -4.43. The van der Waals surface area contributed by atoms with Crippen LogP contribution >= 0.6 is 0 Å². The van der Waals surface area contributed by atoms with E-state index in [1.807, 2.05) is 33.2 Å². The molecule has 4 aliphatic rings. The lowest BCUT2D eigenvalue weighted by Gasteiger charge is -2.28. The largest absolute Gasteiger partial charge is 0.444 e. The summed E-state index contributed by atoms with van der Waals surface area (Å²) in [4.78, 5) is 33.9. The second-order valence-corrected chi connectivity index (χ2v) is 15.1. The molecular formula is C39H44N6O2. The number of hydrogen-bond donors (Lipinski definition) is 2. The van der Waals surface area contributed by atoms with Crippen LogP contribution in [-0.2, 0) is 4.74 Å². The Morgan fingerprint density at radius 3 is 2.04 bits per heavy atom. The van der Waals surface area contributed by atoms with Gasteiger partial charge in [0.2, 0.25) is 0 Å². The number of carbonyl (C=O) groups is 1. The Bertz CT molecular complexity index is 1920. The number of benzene rings is 2. The minimum Gasteiger partial charge on any atom is -0.444 e. The van der Waals surface area contributed by atoms with Crippen LogP contribution in [0.3, 0.4) is 0 Å². The van der Waals surface area contributed by atoms with Crippen LogP contribution in [0.25, 0.3) is 33.6 Å². The molecule has 0 radical (unpaired) electrons. The van der Waals surface area contributed by atoms with Gasteiger partial charge in [0, 0.05) is 18.7 Å². The van der Waals surface area contributed by atoms with Gasteiger partial charge < -0.3 is 14.7 Å². The van der Waals surface area contributed by atoms with Gasteiger partial charge in [-0.2, -0.15) is 0 Å². The second-order valence-electron chi connectivity index (χ2n) is 15.1. The first kappa shape index (κ1) is 29.9. The Balaban J connectivity index is 1.08. The fourth-order valence-corrected chi connectivity index (χ4v) is 8.33. The molecule has 2 aliphatic carbocycles. The average molecular weight is 629 g/mol. The second kappa shape index (κ2) is 11.1. The molecule has 242 valence electrons. The third kappa shape index (κ3) is 5.32. The normalized spacial score (nSPS) is 23.7. The summed E-state index contributed by atoms with van der Waals surface area (Å²) in [6.45, 7) is 11.4. The molecule has 4 aromatic rings. The van der Waals surface area contributed by atoms with Crippen molar-refractivity contribution < 1.29 is 9.53 Å². The molecule has 2 aromatic heterocycles. The number of likely N-dealkylation sites (N-methyl/N-ethyl adjacent to an activating group) is 1. The molecule has 2 aliphatic heterocycles. The number of carbonyl (C=O) groups excluding carboxylic acids is 1. The molecule has 2 bridgehead atoms. The lowest BCUT2D eigenvalue weighted by atomic mass is 9.82. The molecule has 8 rings (SSSR count). The molecule has 1 fully saturated rings. The van der Waals surface area contributed by atoms with Crippen LogP contribution in [0, 0.1) is 0 Å². The van der Waals surface area contributed by atoms with E-state index in [2.05, 4.69) is 84.3 Å². The summed E-state index contributed by atoms with van der Waals surface area (Å²) in [5.41, 5.74) is 12.0. The van der Waals surface area contributed by atoms with Gasteiger partial charge in [-0.05, 0) is 101 Å². The summed E-state index contributed by atoms with van der Waals surface area (Å²) in [6.07, 6.45) is 11.7. The summed E-state index contributed by atoms with van der Waals surface area (Å²) >= 11 is 0. The number of imidazole rings is 2. The van der Waals surface area contributed by atoms with Crippen molar-refractivity contribution in [1.29, 1.82) is 0 Å². The van der Waals surface area contributed by atoms with E-state index >= 15 is 0 Å². The van der Waals surface area contributed by atoms with Gasteiger partial charge in [-0.3, -0.25) is 9.80 Å². The molecule has 1 amide bonds. The number of hydrogen-bond acceptors (Lipinski definition) is 5. The number of amides is 1. The minimum absolute atomic E-state index is 0.202. The van der Waals surface area contributed by atoms with E-state index in [1.54, 1.807) is 4.90 Å². The molecule has 2 unspecified atom stereocenters. The van der Waals surface area contributed by atoms with Crippen LogP contribution in [0.15, 0.2) is 72.1 Å². The maximum atomic E-state index is 13.1. The number of aromatic nitrogens is 4. The van der Waals surface area contributed by atoms with Crippen molar-refractivity contribution in [1.82, 2.24) is 29.7 Å². The van der Waals surface area contributed by atoms with Crippen molar-refractivity contribution in [2.24, 2.45) is 0 Å². The smallest absolute Gasteiger partial charge is 0.411 e. The predicted molar refractivity (Wildman–Crippen MR) is 185 cm³/mol. The summed E-state index contributed by atoms with van der Waals surface area (Å²) in [6, 6.07) is 13.5. The first-order chi connectivity index (χ1) is 22.5. The molecule has 1 saturated carbocycles. The molecule has 47 heavy (non-hydrogen) atoms. The lowest BCUT2D eigenvalue weighted by Crippen LogP contribution is -2.37. The Labute approximate surface area is 277 Å². The van der Waals surface area contributed by atoms with Gasteiger partial charge in [0.15, 0.2) is 0 Å². The molecule has 4 heterocycles. The van der Waals surface area contributed by atoms with Crippen molar-refractivity contribution >= 4 is 6.09 Å². The standard InChI is InChI=1S/C39H44N6O2/c1-22-15-32(44(6)20-22)36-40-18-30(42-36)25-9-7-24(8-10-25)28-13-14-29(35-27-12-11-26(17-27)34(28)35)31-19-41-37(43-31)33-16-23(2)21-45(33)38(46)47-39(3,4)5/h7-10,13-16,18-19,26-27,32-33H,11-12,17,20-21H2,1-6H3,(H,40,42)(H,41,43)/t26?,27?,32-,33-/m0/s1. The van der Waals surface area contributed by atoms with Gasteiger partial charge in [0.1, 0.15) is 23.3 Å². The van der Waals surface area contributed by atoms with Crippen molar-refractivity contribution in [3.05, 3.63) is 94.9 Å². The van der Waals surface area contributed by atoms with E-state index in [-0.39, 0.29) is 18.2 Å². The van der Waals surface area contributed by atoms with E-state index in [9.17, 15) is 4.79 Å². The third-order valence-corrected chi connectivity index (χ3v) is 10.3. The van der Waals surface area contributed by atoms with E-state index < -0.39 is 5.60 Å². The molecule has 2 aromatic carbocycles. The third-order valence-electron chi connectivity index (χ3n) is 10.3. The van der Waals surface area contributed by atoms with Gasteiger partial charge in [0.25, 0.3) is 0 Å². The lowest BCUT2D eigenvalue weighted by molar-refractivity contribution is 0.0232. The molecule has 8 nitrogen and oxygen atoms in total. The molecule has 4 atom stereocenters. The van der Waals surface area contributed by atoms with Crippen LogP contribution in [0.5, 0.6) is 0 Å². The zero-order valence-corrected chi connectivity index (χ0v) is 28.2. The van der Waals surface area contributed by atoms with Gasteiger partial charge in [-0.15, -0.1) is 0 Å². The van der Waals surface area contributed by atoms with E-state index in [0.717, 1.165) is 40.7 Å². The number of H-pyrrole nitrogens is 2. The number of fused-ring (bicyclic) bond motifs is 5. The van der Waals surface area contributed by atoms with E-state index in [4.69, 9.17) is 14.7 Å². The predicted octanol–water partition coefficient (Wildman–Crippen LogP) is 8.67. The number of ether oxygens (including phenoxy) is 1. The minimum atomic E-state index is -0.555. The first-order valence-electron chi connectivity index (χ1n) is 16.9. The number of nitrogens with one attached hydrogen (secondary N) is 2. The fraction of sp³-hybridized carbons (Fsp3) is 0.410. The van der Waals surface area contributed by atoms with E-state index in [0.29, 0.717) is 18.4 Å². The first-order valence-corrected chi connectivity index (χ1v) is 16.9. The highest BCUT2D eigenvalue weighted by Gasteiger charge is 2.41. The molecular weight excluding hydrogens is 584 g/mol. The van der Waals surface area contributed by atoms with Crippen molar-refractivity contribution in [2.45, 2.75) is 83.4 Å². The van der Waals surface area contributed by atoms with Crippen LogP contribution in [0.4, 0.5) is 4.79 Å². The quantitative estimate of drug-likeness (QED) is 0.216. The monoisotopic (exact) mass is 628 g/mol. The van der Waals surface area contributed by atoms with E-state index in [1.165, 1.54) is 52.7 Å². The summed E-state index contributed by atoms with van der Waals surface area (Å²) in [7, 11) is 2.14. The van der Waals surface area contributed by atoms with Crippen molar-refractivity contribution in [3.8, 4) is 33.6 Å². The maximum absolute atomic E-state index is 13.1. The summed E-state index contributed by atoms with van der Waals surface area (Å²) < 4.78 is 5.73. The van der Waals surface area contributed by atoms with Gasteiger partial charge in [-0.1, -0.05) is 59.7 Å². The van der Waals surface area contributed by atoms with Crippen molar-refractivity contribution in [3.63, 3.8) is 0 Å². The SMILES string of the molecule is CC1=C[C@@H](c2ncc(-c3ccc(-c4ccc(-c5cnc([C@@H]6C=C(C)CN6C(=O)OC(C)(C)C)[nH]5)c5c4C4CCC5C4)cc3)[nH]2)N(C)C1. The highest BCUT2D eigenvalue weighted by Crippen LogP contribution is 2.58. The van der Waals surface area contributed by atoms with Crippen LogP contribution in [0.2, 0.25) is 0 Å². The number of aromatic amines is 2. The Kier molecular flexibility index (Phi) is 7.06. The molecule has 0 saturated heterocycles. The molecule has 8 heteroatoms. The topological polar surface area (TPSA) is 90.1 Å². The Morgan fingerprint density at radius 1 is 0.787 bits per heavy atom. The average Bonchev–Trinajstić information content (AvgIpc) is 3.87. The zero-order valence-electron chi connectivity index (χ0n) is 28.2. The van der Waals surface area contributed by atoms with Gasteiger partial charge in [-0.25, -0.2) is 14.8 Å². The summed E-state index contributed by atoms with van der Waals surface area (Å²) in [5, 5.41) is 0.